The van der Waals surface area contributed by atoms with E-state index in [2.05, 4.69) is 4.98 Å². The normalized spacial score (nSPS) is 10.2. The fourth-order valence-corrected chi connectivity index (χ4v) is 1.27. The van der Waals surface area contributed by atoms with Gasteiger partial charge in [-0.15, -0.1) is 0 Å². The van der Waals surface area contributed by atoms with E-state index in [0.29, 0.717) is 6.20 Å². The van der Waals surface area contributed by atoms with Crippen LogP contribution in [0.4, 0.5) is 4.39 Å². The second-order valence-electron chi connectivity index (χ2n) is 3.51. The number of esters is 1. The van der Waals surface area contributed by atoms with Crippen molar-refractivity contribution in [2.75, 3.05) is 0 Å². The molecule has 2 heterocycles. The second-order valence-corrected chi connectivity index (χ2v) is 3.51. The molecule has 0 aliphatic heterocycles. The van der Waals surface area contributed by atoms with Crippen LogP contribution in [0.3, 0.4) is 0 Å². The van der Waals surface area contributed by atoms with Crippen LogP contribution in [0.25, 0.3) is 0 Å². The highest BCUT2D eigenvalue weighted by atomic mass is 19.1. The quantitative estimate of drug-likeness (QED) is 0.781. The molecule has 0 aromatic carbocycles. The van der Waals surface area contributed by atoms with Gasteiger partial charge in [-0.25, -0.2) is 9.59 Å². The van der Waals surface area contributed by atoms with E-state index in [1.165, 1.54) is 18.5 Å². The van der Waals surface area contributed by atoms with E-state index >= 15 is 0 Å². The maximum Gasteiger partial charge on any atom is 0.341 e. The lowest BCUT2D eigenvalue weighted by molar-refractivity contribution is 0.0361. The van der Waals surface area contributed by atoms with E-state index in [1.54, 1.807) is 11.1 Å². The number of nitrogens with one attached hydrogen (secondary N) is 1. The summed E-state index contributed by atoms with van der Waals surface area (Å²) in [6, 6.07) is 3.02. The molecule has 1 N–H and O–H groups in total. The number of H-pyrrole nitrogens is 1. The number of halogens is 1. The number of carbonyl (C=O) groups is 1. The van der Waals surface area contributed by atoms with Gasteiger partial charge in [0.25, 0.3) is 5.56 Å². The van der Waals surface area contributed by atoms with E-state index in [9.17, 15) is 18.8 Å². The Balaban J connectivity index is 2.12. The van der Waals surface area contributed by atoms with Crippen molar-refractivity contribution >= 4 is 5.97 Å². The lowest BCUT2D eigenvalue weighted by atomic mass is 10.3. The summed E-state index contributed by atoms with van der Waals surface area (Å²) in [5.74, 6) is -1.86. The number of aromatic nitrogens is 3. The SMILES string of the molecule is O=C(OCn1cc(F)c(=O)[nH]c1=O)c1cccnc1. The first-order valence-electron chi connectivity index (χ1n) is 5.14. The molecule has 0 aliphatic carbocycles. The van der Waals surface area contributed by atoms with Crippen molar-refractivity contribution in [1.29, 1.82) is 0 Å². The molecule has 2 aromatic rings. The summed E-state index contributed by atoms with van der Waals surface area (Å²) in [5, 5.41) is 0. The van der Waals surface area contributed by atoms with Gasteiger partial charge in [0.15, 0.2) is 6.73 Å². The molecule has 98 valence electrons. The second kappa shape index (κ2) is 5.25. The van der Waals surface area contributed by atoms with E-state index < -0.39 is 29.8 Å². The molecule has 8 heteroatoms. The zero-order valence-corrected chi connectivity index (χ0v) is 9.50. The first-order valence-corrected chi connectivity index (χ1v) is 5.14. The molecule has 19 heavy (non-hydrogen) atoms. The smallest absolute Gasteiger partial charge is 0.341 e. The van der Waals surface area contributed by atoms with Crippen LogP contribution in [-0.2, 0) is 11.5 Å². The summed E-state index contributed by atoms with van der Waals surface area (Å²) in [5.41, 5.74) is -1.80. The van der Waals surface area contributed by atoms with Crippen LogP contribution in [0.5, 0.6) is 0 Å². The first-order chi connectivity index (χ1) is 9.08. The van der Waals surface area contributed by atoms with Crippen LogP contribution in [0.15, 0.2) is 40.3 Å². The molecule has 0 saturated carbocycles. The van der Waals surface area contributed by atoms with Gasteiger partial charge in [-0.1, -0.05) is 0 Å². The van der Waals surface area contributed by atoms with E-state index in [1.807, 2.05) is 0 Å². The Morgan fingerprint density at radius 3 is 2.95 bits per heavy atom. The van der Waals surface area contributed by atoms with Crippen molar-refractivity contribution in [3.63, 3.8) is 0 Å². The number of rotatable bonds is 3. The predicted octanol–water partition coefficient (Wildman–Crippen LogP) is -0.115. The maximum atomic E-state index is 13.0. The van der Waals surface area contributed by atoms with Gasteiger partial charge >= 0.3 is 11.7 Å². The van der Waals surface area contributed by atoms with Gasteiger partial charge in [-0.2, -0.15) is 4.39 Å². The molecule has 0 unspecified atom stereocenters. The highest BCUT2D eigenvalue weighted by Crippen LogP contribution is 1.99. The summed E-state index contributed by atoms with van der Waals surface area (Å²) < 4.78 is 18.5. The summed E-state index contributed by atoms with van der Waals surface area (Å²) in [4.78, 5) is 39.1. The summed E-state index contributed by atoms with van der Waals surface area (Å²) in [6.07, 6.45) is 3.44. The number of pyridine rings is 1. The van der Waals surface area contributed by atoms with Gasteiger partial charge in [0.2, 0.25) is 5.82 Å². The molecule has 2 rings (SSSR count). The Kier molecular flexibility index (Phi) is 3.51. The zero-order chi connectivity index (χ0) is 13.8. The topological polar surface area (TPSA) is 94.0 Å². The number of aromatic amines is 1. The van der Waals surface area contributed by atoms with Gasteiger partial charge < -0.3 is 4.74 Å². The van der Waals surface area contributed by atoms with Crippen molar-refractivity contribution in [2.24, 2.45) is 0 Å². The Hall–Kier alpha value is -2.77. The highest BCUT2D eigenvalue weighted by Gasteiger charge is 2.09. The summed E-state index contributed by atoms with van der Waals surface area (Å²) in [7, 11) is 0. The van der Waals surface area contributed by atoms with Crippen molar-refractivity contribution in [2.45, 2.75) is 6.73 Å². The summed E-state index contributed by atoms with van der Waals surface area (Å²) in [6.45, 7) is -0.514. The van der Waals surface area contributed by atoms with Crippen LogP contribution in [-0.4, -0.2) is 20.5 Å². The molecular formula is C11H8FN3O4. The molecular weight excluding hydrogens is 257 g/mol. The molecule has 0 bridgehead atoms. The van der Waals surface area contributed by atoms with Crippen LogP contribution in [0, 0.1) is 5.82 Å². The summed E-state index contributed by atoms with van der Waals surface area (Å²) >= 11 is 0. The van der Waals surface area contributed by atoms with E-state index in [0.717, 1.165) is 4.57 Å². The average Bonchev–Trinajstić information content (AvgIpc) is 2.42. The van der Waals surface area contributed by atoms with Gasteiger partial charge in [0, 0.05) is 12.4 Å². The lowest BCUT2D eigenvalue weighted by Gasteiger charge is -2.06. The minimum absolute atomic E-state index is 0.195. The average molecular weight is 265 g/mol. The van der Waals surface area contributed by atoms with Crippen LogP contribution < -0.4 is 11.2 Å². The molecule has 0 amide bonds. The minimum atomic E-state index is -1.14. The Morgan fingerprint density at radius 1 is 1.47 bits per heavy atom. The predicted molar refractivity (Wildman–Crippen MR) is 60.9 cm³/mol. The Bertz CT molecular complexity index is 708. The van der Waals surface area contributed by atoms with E-state index in [-0.39, 0.29) is 5.56 Å². The molecule has 0 atom stereocenters. The number of nitrogens with zero attached hydrogens (tertiary/aromatic N) is 2. The number of ether oxygens (including phenoxy) is 1. The highest BCUT2D eigenvalue weighted by molar-refractivity contribution is 5.88. The molecule has 7 nitrogen and oxygen atoms in total. The van der Waals surface area contributed by atoms with Crippen LogP contribution >= 0.6 is 0 Å². The zero-order valence-electron chi connectivity index (χ0n) is 9.50. The van der Waals surface area contributed by atoms with E-state index in [4.69, 9.17) is 4.74 Å². The third-order valence-corrected chi connectivity index (χ3v) is 2.20. The first kappa shape index (κ1) is 12.7. The van der Waals surface area contributed by atoms with Gasteiger partial charge in [-0.05, 0) is 12.1 Å². The number of hydrogen-bond acceptors (Lipinski definition) is 5. The van der Waals surface area contributed by atoms with Gasteiger partial charge in [-0.3, -0.25) is 19.3 Å². The molecule has 0 aliphatic rings. The minimum Gasteiger partial charge on any atom is -0.440 e. The van der Waals surface area contributed by atoms with Crippen molar-refractivity contribution in [1.82, 2.24) is 14.5 Å². The largest absolute Gasteiger partial charge is 0.440 e. The molecule has 2 aromatic heterocycles. The van der Waals surface area contributed by atoms with Crippen LogP contribution in [0.1, 0.15) is 10.4 Å². The van der Waals surface area contributed by atoms with Crippen LogP contribution in [0.2, 0.25) is 0 Å². The molecule has 0 radical (unpaired) electrons. The van der Waals surface area contributed by atoms with Crippen molar-refractivity contribution < 1.29 is 13.9 Å². The molecule has 0 saturated heterocycles. The maximum absolute atomic E-state index is 13.0. The number of hydrogen-bond donors (Lipinski definition) is 1. The third-order valence-electron chi connectivity index (χ3n) is 2.20. The molecule has 0 spiro atoms. The fraction of sp³-hybridized carbons (Fsp3) is 0.0909. The molecule has 0 fully saturated rings. The van der Waals surface area contributed by atoms with Crippen molar-refractivity contribution in [3.05, 3.63) is 62.9 Å². The fourth-order valence-electron chi connectivity index (χ4n) is 1.27. The Morgan fingerprint density at radius 2 is 2.26 bits per heavy atom. The van der Waals surface area contributed by atoms with Gasteiger partial charge in [0.05, 0.1) is 11.8 Å². The van der Waals surface area contributed by atoms with Gasteiger partial charge in [0.1, 0.15) is 0 Å². The third kappa shape index (κ3) is 2.92. The lowest BCUT2D eigenvalue weighted by Crippen LogP contribution is -2.32. The standard InChI is InChI=1S/C11H8FN3O4/c12-8-5-15(11(18)14-9(8)16)6-19-10(17)7-2-1-3-13-4-7/h1-5H,6H2,(H,14,16,18). The number of carbonyl (C=O) groups excluding carboxylic acids is 1. The van der Waals surface area contributed by atoms with Crippen molar-refractivity contribution in [3.8, 4) is 0 Å². The monoisotopic (exact) mass is 265 g/mol. The Labute approximate surface area is 105 Å².